The second-order valence-corrected chi connectivity index (χ2v) is 10.4. The van der Waals surface area contributed by atoms with E-state index in [1.165, 1.54) is 11.1 Å². The van der Waals surface area contributed by atoms with Crippen LogP contribution in [0.25, 0.3) is 0 Å². The minimum absolute atomic E-state index is 0.174. The third kappa shape index (κ3) is 8.76. The van der Waals surface area contributed by atoms with Gasteiger partial charge in [0.1, 0.15) is 5.75 Å². The van der Waals surface area contributed by atoms with Gasteiger partial charge in [-0.1, -0.05) is 65.8 Å². The number of alkyl carbamates (subject to hydrolysis) is 1. The topological polar surface area (TPSA) is 86.3 Å². The molecular weight excluding hydrogens is 576 g/mol. The molecule has 0 aromatic heterocycles. The number of methoxy groups -OCH3 is 2. The summed E-state index contributed by atoms with van der Waals surface area (Å²) in [7, 11) is 3.25. The number of benzene rings is 3. The molecule has 0 saturated carbocycles. The van der Waals surface area contributed by atoms with Gasteiger partial charge in [-0.15, -0.1) is 0 Å². The van der Waals surface area contributed by atoms with E-state index >= 15 is 0 Å². The molecule has 8 nitrogen and oxygen atoms in total. The van der Waals surface area contributed by atoms with Crippen LogP contribution in [0.15, 0.2) is 59.5 Å². The summed E-state index contributed by atoms with van der Waals surface area (Å²) in [6.45, 7) is 16.0. The number of rotatable bonds is 8. The van der Waals surface area contributed by atoms with E-state index in [1.807, 2.05) is 65.8 Å². The molecule has 0 fully saturated rings. The highest BCUT2D eigenvalue weighted by molar-refractivity contribution is 7.80. The van der Waals surface area contributed by atoms with Gasteiger partial charge in [-0.2, -0.15) is 0 Å². The summed E-state index contributed by atoms with van der Waals surface area (Å²) in [6.07, 6.45) is 1.21. The first-order valence-corrected chi connectivity index (χ1v) is 16.8. The number of nitrogens with zero attached hydrogens (tertiary/aromatic N) is 1. The number of fused-ring (bicyclic) bond motifs is 4. The number of ether oxygens (including phenoxy) is 3. The summed E-state index contributed by atoms with van der Waals surface area (Å²) in [5.74, 6) is 1.85. The maximum Gasteiger partial charge on any atom is 0.407 e. The molecule has 1 amide bonds. The smallest absolute Gasteiger partial charge is 0.407 e. The number of hydrogen-bond donors (Lipinski definition) is 1. The van der Waals surface area contributed by atoms with Crippen molar-refractivity contribution in [3.8, 4) is 17.2 Å². The fourth-order valence-corrected chi connectivity index (χ4v) is 6.08. The summed E-state index contributed by atoms with van der Waals surface area (Å²) in [5.41, 5.74) is 5.56. The van der Waals surface area contributed by atoms with E-state index in [1.54, 1.807) is 33.3 Å². The van der Waals surface area contributed by atoms with Crippen molar-refractivity contribution >= 4 is 17.2 Å². The Morgan fingerprint density at radius 2 is 1.61 bits per heavy atom. The molecule has 2 unspecified atom stereocenters. The zero-order chi connectivity index (χ0) is 32.6. The van der Waals surface area contributed by atoms with Crippen LogP contribution < -0.4 is 19.0 Å². The Morgan fingerprint density at radius 1 is 0.932 bits per heavy atom. The minimum atomic E-state index is -1.66. The van der Waals surface area contributed by atoms with Crippen LogP contribution in [-0.4, -0.2) is 42.6 Å². The zero-order valence-electron chi connectivity index (χ0n) is 27.8. The molecule has 0 bridgehead atoms. The molecule has 0 radical (unpaired) electrons. The molecule has 0 aliphatic carbocycles. The van der Waals surface area contributed by atoms with Gasteiger partial charge in [0, 0.05) is 36.8 Å². The highest BCUT2D eigenvalue weighted by atomic mass is 32.2. The van der Waals surface area contributed by atoms with Gasteiger partial charge < -0.3 is 23.7 Å². The third-order valence-electron chi connectivity index (χ3n) is 7.12. The van der Waals surface area contributed by atoms with Gasteiger partial charge in [-0.3, -0.25) is 4.90 Å². The fraction of sp³-hybridized carbons (Fsp3) is 0.457. The standard InChI is InChI=1S/C29H32N2O6S.3C2H6/c1-4-36-29(32)30-17-21-14-20-12-13-31-18-24-19(15-25(31)23(20)16-27(21)35-3)10-11-26(34-2)28(24)37-38(33)22-8-6-5-7-9-22;3*1-2/h5-11,14,16,25H,4,12-13,15,17-18H2,1-3H3,(H,30,32);3*1-2H3. The van der Waals surface area contributed by atoms with Gasteiger partial charge in [-0.05, 0) is 66.8 Å². The van der Waals surface area contributed by atoms with Gasteiger partial charge >= 0.3 is 6.09 Å². The van der Waals surface area contributed by atoms with Crippen LogP contribution >= 0.6 is 0 Å². The van der Waals surface area contributed by atoms with Crippen molar-refractivity contribution in [2.75, 3.05) is 27.4 Å². The Kier molecular flexibility index (Phi) is 15.8. The number of hydrogen-bond acceptors (Lipinski definition) is 7. The molecular formula is C35H50N2O6S. The number of carbonyl (C=O) groups excluding carboxylic acids is 1. The predicted octanol–water partition coefficient (Wildman–Crippen LogP) is 7.79. The first kappa shape index (κ1) is 36.6. The quantitative estimate of drug-likeness (QED) is 0.273. The zero-order valence-corrected chi connectivity index (χ0v) is 28.6. The Hall–Kier alpha value is -3.56. The molecule has 3 aromatic carbocycles. The molecule has 242 valence electrons. The molecule has 2 aliphatic rings. The average molecular weight is 627 g/mol. The van der Waals surface area contributed by atoms with Crippen molar-refractivity contribution in [1.82, 2.24) is 10.2 Å². The van der Waals surface area contributed by atoms with Crippen LogP contribution in [-0.2, 0) is 41.7 Å². The highest BCUT2D eigenvalue weighted by Crippen LogP contribution is 2.45. The van der Waals surface area contributed by atoms with E-state index in [2.05, 4.69) is 28.4 Å². The highest BCUT2D eigenvalue weighted by Gasteiger charge is 2.35. The Labute approximate surface area is 266 Å². The van der Waals surface area contributed by atoms with Crippen molar-refractivity contribution in [3.63, 3.8) is 0 Å². The van der Waals surface area contributed by atoms with E-state index in [0.29, 0.717) is 36.1 Å². The van der Waals surface area contributed by atoms with Crippen molar-refractivity contribution in [2.24, 2.45) is 0 Å². The lowest BCUT2D eigenvalue weighted by atomic mass is 9.83. The van der Waals surface area contributed by atoms with Crippen LogP contribution in [0.4, 0.5) is 4.79 Å². The molecule has 44 heavy (non-hydrogen) atoms. The largest absolute Gasteiger partial charge is 0.496 e. The van der Waals surface area contributed by atoms with Crippen molar-refractivity contribution in [1.29, 1.82) is 0 Å². The fourth-order valence-electron chi connectivity index (χ4n) is 5.27. The number of amides is 1. The number of nitrogens with one attached hydrogen (secondary N) is 1. The van der Waals surface area contributed by atoms with Gasteiger partial charge in [0.25, 0.3) is 0 Å². The molecule has 2 aliphatic heterocycles. The van der Waals surface area contributed by atoms with Crippen molar-refractivity contribution in [3.05, 3.63) is 82.4 Å². The van der Waals surface area contributed by atoms with E-state index in [0.717, 1.165) is 41.8 Å². The predicted molar refractivity (Wildman–Crippen MR) is 178 cm³/mol. The summed E-state index contributed by atoms with van der Waals surface area (Å²) in [6, 6.07) is 17.5. The van der Waals surface area contributed by atoms with Crippen molar-refractivity contribution in [2.45, 2.75) is 85.3 Å². The summed E-state index contributed by atoms with van der Waals surface area (Å²) in [4.78, 5) is 14.8. The van der Waals surface area contributed by atoms with E-state index in [4.69, 9.17) is 18.4 Å². The Morgan fingerprint density at radius 3 is 2.25 bits per heavy atom. The van der Waals surface area contributed by atoms with Gasteiger partial charge in [0.05, 0.1) is 25.7 Å². The molecule has 1 N–H and O–H groups in total. The van der Waals surface area contributed by atoms with E-state index in [9.17, 15) is 9.00 Å². The molecule has 2 atom stereocenters. The average Bonchev–Trinajstić information content (AvgIpc) is 3.09. The van der Waals surface area contributed by atoms with Crippen LogP contribution in [0.1, 0.15) is 82.3 Å². The SMILES string of the molecule is CC.CC.CC.CCOC(=O)NCc1cc2c(cc1OC)C1Cc3ccc(OC)c(OS(=O)c4ccccc4)c3CN1CC2. The summed E-state index contributed by atoms with van der Waals surface area (Å²) >= 11 is -1.66. The molecule has 2 heterocycles. The van der Waals surface area contributed by atoms with Gasteiger partial charge in [0.2, 0.25) is 11.1 Å². The molecule has 0 saturated heterocycles. The second-order valence-electron chi connectivity index (χ2n) is 9.24. The normalized spacial score (nSPS) is 15.0. The molecule has 5 rings (SSSR count). The van der Waals surface area contributed by atoms with Crippen LogP contribution in [0.3, 0.4) is 0 Å². The molecule has 3 aromatic rings. The lowest BCUT2D eigenvalue weighted by Crippen LogP contribution is -2.39. The minimum Gasteiger partial charge on any atom is -0.496 e. The van der Waals surface area contributed by atoms with Gasteiger partial charge in [0.15, 0.2) is 11.5 Å². The Bertz CT molecular complexity index is 1350. The monoisotopic (exact) mass is 626 g/mol. The van der Waals surface area contributed by atoms with E-state index < -0.39 is 17.2 Å². The molecule has 9 heteroatoms. The van der Waals surface area contributed by atoms with Crippen LogP contribution in [0.5, 0.6) is 17.2 Å². The third-order valence-corrected chi connectivity index (χ3v) is 8.09. The van der Waals surface area contributed by atoms with E-state index in [-0.39, 0.29) is 6.04 Å². The maximum absolute atomic E-state index is 13.0. The summed E-state index contributed by atoms with van der Waals surface area (Å²) < 4.78 is 35.4. The lowest BCUT2D eigenvalue weighted by molar-refractivity contribution is 0.151. The number of carbonyl (C=O) groups is 1. The first-order chi connectivity index (χ1) is 21.5. The molecule has 0 spiro atoms. The lowest BCUT2D eigenvalue weighted by Gasteiger charge is -2.42. The van der Waals surface area contributed by atoms with Crippen LogP contribution in [0, 0.1) is 0 Å². The van der Waals surface area contributed by atoms with Gasteiger partial charge in [-0.25, -0.2) is 9.00 Å². The first-order valence-electron chi connectivity index (χ1n) is 15.7. The van der Waals surface area contributed by atoms with Crippen molar-refractivity contribution < 1.29 is 27.4 Å². The van der Waals surface area contributed by atoms with Crippen LogP contribution in [0.2, 0.25) is 0 Å². The Balaban J connectivity index is 0.00000106. The second kappa shape index (κ2) is 19.0. The maximum atomic E-state index is 13.0. The summed E-state index contributed by atoms with van der Waals surface area (Å²) in [5, 5.41) is 2.79.